The number of hydrogen-bond acceptors (Lipinski definition) is 10. The SMILES string of the molecule is COC(=O)c1ccc(C(=O)OCc2nc(-c3ccc(OC(F)F)c(OCC4CC4)c3)oc2C(C)NC(=O)OC(C)(C)C)c(F)c1. The first-order valence-corrected chi connectivity index (χ1v) is 14.0. The third-order valence-electron chi connectivity index (χ3n) is 6.38. The molecule has 0 spiro atoms. The lowest BCUT2D eigenvalue weighted by molar-refractivity contribution is -0.0515. The fraction of sp³-hybridized carbons (Fsp3) is 0.419. The van der Waals surface area contributed by atoms with Gasteiger partial charge in [0, 0.05) is 5.56 Å². The lowest BCUT2D eigenvalue weighted by Crippen LogP contribution is -2.34. The molecule has 1 N–H and O–H groups in total. The number of nitrogens with one attached hydrogen (secondary N) is 1. The maximum atomic E-state index is 14.6. The summed E-state index contributed by atoms with van der Waals surface area (Å²) >= 11 is 0. The molecule has 1 amide bonds. The van der Waals surface area contributed by atoms with Gasteiger partial charge in [-0.3, -0.25) is 0 Å². The number of carbonyl (C=O) groups is 3. The number of alkyl halides is 2. The van der Waals surface area contributed by atoms with Crippen molar-refractivity contribution in [2.45, 2.75) is 65.4 Å². The number of hydrogen-bond donors (Lipinski definition) is 1. The summed E-state index contributed by atoms with van der Waals surface area (Å²) in [6.07, 6.45) is 1.18. The Morgan fingerprint density at radius 3 is 2.42 bits per heavy atom. The molecule has 1 heterocycles. The third-order valence-corrected chi connectivity index (χ3v) is 6.38. The molecule has 0 radical (unpaired) electrons. The number of amides is 1. The number of carbonyl (C=O) groups excluding carboxylic acids is 3. The quantitative estimate of drug-likeness (QED) is 0.171. The first-order chi connectivity index (χ1) is 21.2. The maximum Gasteiger partial charge on any atom is 0.408 e. The number of alkyl carbamates (subject to hydrolysis) is 1. The van der Waals surface area contributed by atoms with E-state index < -0.39 is 54.3 Å². The van der Waals surface area contributed by atoms with Crippen LogP contribution in [0, 0.1) is 11.7 Å². The van der Waals surface area contributed by atoms with Gasteiger partial charge in [-0.2, -0.15) is 8.78 Å². The molecule has 242 valence electrons. The number of oxazole rings is 1. The van der Waals surface area contributed by atoms with Crippen molar-refractivity contribution < 1.29 is 55.7 Å². The van der Waals surface area contributed by atoms with Crippen molar-refractivity contribution >= 4 is 18.0 Å². The largest absolute Gasteiger partial charge is 0.489 e. The molecule has 1 aliphatic carbocycles. The van der Waals surface area contributed by atoms with Crippen LogP contribution in [0.2, 0.25) is 0 Å². The van der Waals surface area contributed by atoms with E-state index >= 15 is 0 Å². The van der Waals surface area contributed by atoms with Crippen LogP contribution < -0.4 is 14.8 Å². The highest BCUT2D eigenvalue weighted by atomic mass is 19.3. The van der Waals surface area contributed by atoms with Crippen LogP contribution in [-0.4, -0.2) is 48.9 Å². The molecule has 4 rings (SSSR count). The van der Waals surface area contributed by atoms with E-state index in [-0.39, 0.29) is 34.4 Å². The minimum Gasteiger partial charge on any atom is -0.489 e. The fourth-order valence-corrected chi connectivity index (χ4v) is 4.06. The Morgan fingerprint density at radius 1 is 1.07 bits per heavy atom. The van der Waals surface area contributed by atoms with Crippen LogP contribution in [0.25, 0.3) is 11.5 Å². The highest BCUT2D eigenvalue weighted by Gasteiger charge is 2.27. The molecular formula is C31H33F3N2O9. The second kappa shape index (κ2) is 13.9. The molecule has 1 atom stereocenters. The molecule has 1 aromatic heterocycles. The van der Waals surface area contributed by atoms with Gasteiger partial charge in [-0.15, -0.1) is 0 Å². The van der Waals surface area contributed by atoms with Gasteiger partial charge < -0.3 is 33.4 Å². The van der Waals surface area contributed by atoms with Crippen LogP contribution >= 0.6 is 0 Å². The van der Waals surface area contributed by atoms with Crippen LogP contribution in [0.1, 0.15) is 78.7 Å². The van der Waals surface area contributed by atoms with E-state index in [2.05, 4.69) is 19.8 Å². The topological polar surface area (TPSA) is 135 Å². The number of esters is 2. The van der Waals surface area contributed by atoms with E-state index in [9.17, 15) is 27.6 Å². The average molecular weight is 635 g/mol. The molecule has 1 unspecified atom stereocenters. The molecule has 0 saturated heterocycles. The van der Waals surface area contributed by atoms with Gasteiger partial charge in [-0.25, -0.2) is 23.8 Å². The maximum absolute atomic E-state index is 14.6. The molecular weight excluding hydrogens is 601 g/mol. The van der Waals surface area contributed by atoms with Gasteiger partial charge in [0.15, 0.2) is 17.3 Å². The zero-order valence-electron chi connectivity index (χ0n) is 25.3. The number of ether oxygens (including phenoxy) is 5. The van der Waals surface area contributed by atoms with E-state index in [1.54, 1.807) is 27.7 Å². The van der Waals surface area contributed by atoms with Gasteiger partial charge in [0.05, 0.1) is 30.9 Å². The molecule has 1 fully saturated rings. The summed E-state index contributed by atoms with van der Waals surface area (Å²) in [5, 5.41) is 2.62. The lowest BCUT2D eigenvalue weighted by atomic mass is 10.1. The fourth-order valence-electron chi connectivity index (χ4n) is 4.06. The summed E-state index contributed by atoms with van der Waals surface area (Å²) in [7, 11) is 1.14. The van der Waals surface area contributed by atoms with Gasteiger partial charge in [0.2, 0.25) is 5.89 Å². The van der Waals surface area contributed by atoms with Crippen molar-refractivity contribution in [2.75, 3.05) is 13.7 Å². The smallest absolute Gasteiger partial charge is 0.408 e. The first-order valence-electron chi connectivity index (χ1n) is 14.0. The van der Waals surface area contributed by atoms with Crippen LogP contribution in [-0.2, 0) is 20.8 Å². The Hall–Kier alpha value is -4.75. The Labute approximate surface area is 256 Å². The molecule has 3 aromatic rings. The molecule has 0 bridgehead atoms. The van der Waals surface area contributed by atoms with Crippen molar-refractivity contribution in [1.82, 2.24) is 10.3 Å². The number of methoxy groups -OCH3 is 1. The summed E-state index contributed by atoms with van der Waals surface area (Å²) < 4.78 is 72.2. The molecule has 0 aliphatic heterocycles. The molecule has 14 heteroatoms. The van der Waals surface area contributed by atoms with Crippen LogP contribution in [0.5, 0.6) is 11.5 Å². The van der Waals surface area contributed by atoms with E-state index in [4.69, 9.17) is 18.6 Å². The molecule has 2 aromatic carbocycles. The average Bonchev–Trinajstić information content (AvgIpc) is 3.69. The Kier molecular flexibility index (Phi) is 10.2. The Morgan fingerprint density at radius 2 is 1.80 bits per heavy atom. The monoisotopic (exact) mass is 634 g/mol. The zero-order valence-corrected chi connectivity index (χ0v) is 25.3. The minimum absolute atomic E-state index is 0.0117. The van der Waals surface area contributed by atoms with Crippen molar-refractivity contribution in [2.24, 2.45) is 5.92 Å². The zero-order chi connectivity index (χ0) is 32.9. The number of nitrogens with zero attached hydrogens (tertiary/aromatic N) is 1. The second-order valence-electron chi connectivity index (χ2n) is 11.3. The predicted octanol–water partition coefficient (Wildman–Crippen LogP) is 6.60. The summed E-state index contributed by atoms with van der Waals surface area (Å²) in [6, 6.07) is 6.43. The van der Waals surface area contributed by atoms with E-state index in [1.165, 1.54) is 24.3 Å². The Balaban J connectivity index is 1.62. The molecule has 1 saturated carbocycles. The summed E-state index contributed by atoms with van der Waals surface area (Å²) in [4.78, 5) is 41.3. The summed E-state index contributed by atoms with van der Waals surface area (Å²) in [5.74, 6) is -2.57. The lowest BCUT2D eigenvalue weighted by Gasteiger charge is -2.21. The Bertz CT molecular complexity index is 1550. The second-order valence-corrected chi connectivity index (χ2v) is 11.3. The predicted molar refractivity (Wildman–Crippen MR) is 151 cm³/mol. The highest BCUT2D eigenvalue weighted by molar-refractivity contribution is 5.93. The van der Waals surface area contributed by atoms with Gasteiger partial charge in [0.25, 0.3) is 0 Å². The van der Waals surface area contributed by atoms with Crippen molar-refractivity contribution in [1.29, 1.82) is 0 Å². The summed E-state index contributed by atoms with van der Waals surface area (Å²) in [6.45, 7) is 3.38. The van der Waals surface area contributed by atoms with Gasteiger partial charge in [-0.05, 0) is 82.9 Å². The molecule has 45 heavy (non-hydrogen) atoms. The number of benzene rings is 2. The van der Waals surface area contributed by atoms with Gasteiger partial charge in [0.1, 0.15) is 23.7 Å². The minimum atomic E-state index is -3.07. The van der Waals surface area contributed by atoms with E-state index in [1.807, 2.05) is 0 Å². The van der Waals surface area contributed by atoms with Crippen molar-refractivity contribution in [3.8, 4) is 23.0 Å². The normalized spacial score (nSPS) is 13.6. The van der Waals surface area contributed by atoms with Crippen LogP contribution in [0.3, 0.4) is 0 Å². The number of rotatable bonds is 12. The van der Waals surface area contributed by atoms with Crippen LogP contribution in [0.4, 0.5) is 18.0 Å². The van der Waals surface area contributed by atoms with Crippen molar-refractivity contribution in [3.05, 3.63) is 64.8 Å². The highest BCUT2D eigenvalue weighted by Crippen LogP contribution is 2.37. The van der Waals surface area contributed by atoms with E-state index in [0.29, 0.717) is 18.1 Å². The van der Waals surface area contributed by atoms with Crippen molar-refractivity contribution in [3.63, 3.8) is 0 Å². The molecule has 1 aliphatic rings. The third kappa shape index (κ3) is 9.13. The van der Waals surface area contributed by atoms with Crippen LogP contribution in [0.15, 0.2) is 40.8 Å². The van der Waals surface area contributed by atoms with E-state index in [0.717, 1.165) is 32.1 Å². The number of halogens is 3. The molecule has 11 nitrogen and oxygen atoms in total. The van der Waals surface area contributed by atoms with Gasteiger partial charge in [-0.1, -0.05) is 0 Å². The van der Waals surface area contributed by atoms with Gasteiger partial charge >= 0.3 is 24.6 Å². The number of aromatic nitrogens is 1. The first kappa shape index (κ1) is 33.1. The standard InChI is InChI=1S/C31H33F3N2O9/c1-16(35-30(39)45-31(2,3)4)25-22(15-42-28(38)20-10-8-19(12-21(20)32)27(37)40-5)36-26(44-25)18-9-11-23(43-29(33)34)24(13-18)41-14-17-6-7-17/h8-13,16-17,29H,6-7,14-15H2,1-5H3,(H,35,39). The summed E-state index contributed by atoms with van der Waals surface area (Å²) in [5.41, 5.74) is -0.944.